The molecule has 0 aliphatic carbocycles. The minimum atomic E-state index is -0.354. The zero-order valence-corrected chi connectivity index (χ0v) is 8.15. The van der Waals surface area contributed by atoms with Gasteiger partial charge in [0, 0.05) is 6.92 Å². The molecule has 3 heteroatoms. The summed E-state index contributed by atoms with van der Waals surface area (Å²) in [5, 5.41) is 9.21. The van der Waals surface area contributed by atoms with Gasteiger partial charge in [-0.15, -0.1) is 0 Å². The molecular weight excluding hydrogens is 180 g/mol. The van der Waals surface area contributed by atoms with E-state index in [0.717, 1.165) is 5.56 Å². The van der Waals surface area contributed by atoms with Crippen molar-refractivity contribution in [2.45, 2.75) is 6.92 Å². The summed E-state index contributed by atoms with van der Waals surface area (Å²) in [6.07, 6.45) is 1.41. The largest absolute Gasteiger partial charge is 0.504 e. The summed E-state index contributed by atoms with van der Waals surface area (Å²) < 4.78 is 5.00. The van der Waals surface area contributed by atoms with Crippen LogP contribution < -0.4 is 4.74 Å². The normalized spacial score (nSPS) is 11.1. The maximum absolute atomic E-state index is 10.8. The molecule has 14 heavy (non-hydrogen) atoms. The van der Waals surface area contributed by atoms with Gasteiger partial charge >= 0.3 is 0 Å². The van der Waals surface area contributed by atoms with Crippen molar-refractivity contribution in [3.05, 3.63) is 35.6 Å². The summed E-state index contributed by atoms with van der Waals surface area (Å²) in [7, 11) is 1.56. The average molecular weight is 192 g/mol. The highest BCUT2D eigenvalue weighted by Gasteiger charge is 2.00. The van der Waals surface area contributed by atoms with Gasteiger partial charge < -0.3 is 9.84 Å². The van der Waals surface area contributed by atoms with Crippen LogP contribution in [-0.4, -0.2) is 18.0 Å². The molecule has 0 fully saturated rings. The van der Waals surface area contributed by atoms with E-state index in [4.69, 9.17) is 4.74 Å². The number of hydrogen-bond donors (Lipinski definition) is 1. The van der Waals surface area contributed by atoms with E-state index in [1.807, 2.05) is 0 Å². The number of ether oxygens (including phenoxy) is 1. The number of aliphatic hydroxyl groups excluding tert-OH is 1. The number of hydrogen-bond acceptors (Lipinski definition) is 3. The first kappa shape index (κ1) is 10.3. The number of ketones is 1. The van der Waals surface area contributed by atoms with Crippen molar-refractivity contribution >= 4 is 11.9 Å². The molecule has 0 heterocycles. The molecule has 0 aromatic heterocycles. The third kappa shape index (κ3) is 2.62. The Morgan fingerprint density at radius 2 is 2.21 bits per heavy atom. The quantitative estimate of drug-likeness (QED) is 0.589. The fourth-order valence-electron chi connectivity index (χ4n) is 0.991. The van der Waals surface area contributed by atoms with Crippen molar-refractivity contribution in [3.63, 3.8) is 0 Å². The molecule has 0 aliphatic rings. The molecule has 0 saturated heterocycles. The molecule has 1 aromatic carbocycles. The summed E-state index contributed by atoms with van der Waals surface area (Å²) in [5.41, 5.74) is 0.733. The van der Waals surface area contributed by atoms with Gasteiger partial charge in [0.25, 0.3) is 0 Å². The maximum atomic E-state index is 10.8. The Hall–Kier alpha value is -1.77. The Bertz CT molecular complexity index is 367. The predicted octanol–water partition coefficient (Wildman–Crippen LogP) is 2.18. The van der Waals surface area contributed by atoms with Gasteiger partial charge in [-0.05, 0) is 23.8 Å². The average Bonchev–Trinajstić information content (AvgIpc) is 2.18. The van der Waals surface area contributed by atoms with E-state index in [1.165, 1.54) is 13.0 Å². The lowest BCUT2D eigenvalue weighted by atomic mass is 10.2. The van der Waals surface area contributed by atoms with Crippen molar-refractivity contribution in [2.75, 3.05) is 7.11 Å². The summed E-state index contributed by atoms with van der Waals surface area (Å²) in [4.78, 5) is 10.8. The first-order chi connectivity index (χ1) is 6.63. The lowest BCUT2D eigenvalue weighted by Gasteiger charge is -2.00. The van der Waals surface area contributed by atoms with Crippen LogP contribution in [0.1, 0.15) is 12.5 Å². The molecule has 74 valence electrons. The number of benzene rings is 1. The zero-order valence-electron chi connectivity index (χ0n) is 8.15. The molecular formula is C11H12O3. The molecule has 0 atom stereocenters. The summed E-state index contributed by atoms with van der Waals surface area (Å²) in [6, 6.07) is 7.10. The Kier molecular flexibility index (Phi) is 3.29. The van der Waals surface area contributed by atoms with Crippen LogP contribution in [0, 0.1) is 0 Å². The highest BCUT2D eigenvalue weighted by Crippen LogP contribution is 2.14. The number of carbonyl (C=O) groups is 1. The van der Waals surface area contributed by atoms with Gasteiger partial charge in [0.05, 0.1) is 7.11 Å². The van der Waals surface area contributed by atoms with Crippen molar-refractivity contribution in [3.8, 4) is 5.75 Å². The highest BCUT2D eigenvalue weighted by atomic mass is 16.5. The zero-order chi connectivity index (χ0) is 10.6. The number of Topliss-reactive ketones (excluding diaryl/α,β-unsaturated/α-hetero) is 1. The first-order valence-electron chi connectivity index (χ1n) is 4.19. The number of aliphatic hydroxyl groups is 1. The minimum Gasteiger partial charge on any atom is -0.504 e. The van der Waals surface area contributed by atoms with E-state index in [1.54, 1.807) is 31.4 Å². The summed E-state index contributed by atoms with van der Waals surface area (Å²) in [6.45, 7) is 1.31. The molecule has 0 amide bonds. The Morgan fingerprint density at radius 3 is 2.79 bits per heavy atom. The topological polar surface area (TPSA) is 46.5 Å². The molecule has 1 N–H and O–H groups in total. The Balaban J connectivity index is 2.97. The predicted molar refractivity (Wildman–Crippen MR) is 54.3 cm³/mol. The van der Waals surface area contributed by atoms with Crippen molar-refractivity contribution in [2.24, 2.45) is 0 Å². The second kappa shape index (κ2) is 4.46. The van der Waals surface area contributed by atoms with Gasteiger partial charge in [0.15, 0.2) is 11.5 Å². The van der Waals surface area contributed by atoms with Gasteiger partial charge in [-0.1, -0.05) is 12.1 Å². The SMILES string of the molecule is COc1cccc(C=C(O)C(C)=O)c1. The Labute approximate surface area is 82.6 Å². The maximum Gasteiger partial charge on any atom is 0.194 e. The van der Waals surface area contributed by atoms with Gasteiger partial charge in [0.1, 0.15) is 5.75 Å². The van der Waals surface area contributed by atoms with Crippen LogP contribution in [0.3, 0.4) is 0 Å². The van der Waals surface area contributed by atoms with E-state index >= 15 is 0 Å². The van der Waals surface area contributed by atoms with Crippen LogP contribution >= 0.6 is 0 Å². The number of rotatable bonds is 3. The second-order valence-corrected chi connectivity index (χ2v) is 2.86. The fraction of sp³-hybridized carbons (Fsp3) is 0.182. The molecule has 0 bridgehead atoms. The van der Waals surface area contributed by atoms with Crippen LogP contribution in [0.15, 0.2) is 30.0 Å². The minimum absolute atomic E-state index is 0.252. The van der Waals surface area contributed by atoms with E-state index in [0.29, 0.717) is 5.75 Å². The first-order valence-corrected chi connectivity index (χ1v) is 4.19. The lowest BCUT2D eigenvalue weighted by molar-refractivity contribution is -0.115. The number of carbonyl (C=O) groups excluding carboxylic acids is 1. The molecule has 1 rings (SSSR count). The standard InChI is InChI=1S/C11H12O3/c1-8(12)11(13)7-9-4-3-5-10(6-9)14-2/h3-7,13H,1-2H3. The van der Waals surface area contributed by atoms with Gasteiger partial charge in [-0.25, -0.2) is 0 Å². The van der Waals surface area contributed by atoms with Gasteiger partial charge in [0.2, 0.25) is 0 Å². The van der Waals surface area contributed by atoms with Crippen LogP contribution in [-0.2, 0) is 4.79 Å². The smallest absolute Gasteiger partial charge is 0.194 e. The monoisotopic (exact) mass is 192 g/mol. The lowest BCUT2D eigenvalue weighted by Crippen LogP contribution is -1.94. The molecule has 0 saturated carbocycles. The second-order valence-electron chi connectivity index (χ2n) is 2.86. The highest BCUT2D eigenvalue weighted by molar-refractivity contribution is 5.95. The summed E-state index contributed by atoms with van der Waals surface area (Å²) in [5.74, 6) is 0.0844. The Morgan fingerprint density at radius 1 is 1.50 bits per heavy atom. The van der Waals surface area contributed by atoms with Crippen molar-refractivity contribution in [1.82, 2.24) is 0 Å². The summed E-state index contributed by atoms with van der Waals surface area (Å²) >= 11 is 0. The van der Waals surface area contributed by atoms with Crippen LogP contribution in [0.4, 0.5) is 0 Å². The molecule has 0 spiro atoms. The molecule has 3 nitrogen and oxygen atoms in total. The van der Waals surface area contributed by atoms with Gasteiger partial charge in [-0.2, -0.15) is 0 Å². The van der Waals surface area contributed by atoms with E-state index < -0.39 is 0 Å². The van der Waals surface area contributed by atoms with E-state index in [2.05, 4.69) is 0 Å². The number of allylic oxidation sites excluding steroid dienone is 1. The van der Waals surface area contributed by atoms with Crippen LogP contribution in [0.2, 0.25) is 0 Å². The number of methoxy groups -OCH3 is 1. The van der Waals surface area contributed by atoms with Crippen molar-refractivity contribution in [1.29, 1.82) is 0 Å². The molecule has 0 radical (unpaired) electrons. The fourth-order valence-corrected chi connectivity index (χ4v) is 0.991. The molecule has 0 unspecified atom stereocenters. The van der Waals surface area contributed by atoms with E-state index in [9.17, 15) is 9.90 Å². The van der Waals surface area contributed by atoms with Crippen molar-refractivity contribution < 1.29 is 14.6 Å². The van der Waals surface area contributed by atoms with Crippen LogP contribution in [0.25, 0.3) is 6.08 Å². The van der Waals surface area contributed by atoms with Gasteiger partial charge in [-0.3, -0.25) is 4.79 Å². The molecule has 0 aliphatic heterocycles. The molecule has 1 aromatic rings. The van der Waals surface area contributed by atoms with E-state index in [-0.39, 0.29) is 11.5 Å². The van der Waals surface area contributed by atoms with Crippen LogP contribution in [0.5, 0.6) is 5.75 Å². The third-order valence-corrected chi connectivity index (χ3v) is 1.76. The third-order valence-electron chi connectivity index (χ3n) is 1.76.